The SMILES string of the molecule is CCc1ccc(N2C(=O)NC(=O)C(=Cc3cc(C)n(-c4ccc(C)cc4)c3C)C2=O)cc1. The van der Waals surface area contributed by atoms with Crippen molar-refractivity contribution in [2.24, 2.45) is 0 Å². The average molecular weight is 428 g/mol. The molecule has 2 heterocycles. The summed E-state index contributed by atoms with van der Waals surface area (Å²) >= 11 is 0. The van der Waals surface area contributed by atoms with Gasteiger partial charge in [-0.15, -0.1) is 0 Å². The van der Waals surface area contributed by atoms with E-state index in [0.29, 0.717) is 5.69 Å². The van der Waals surface area contributed by atoms with Gasteiger partial charge in [0, 0.05) is 17.1 Å². The number of aryl methyl sites for hydroxylation is 3. The zero-order valence-electron chi connectivity index (χ0n) is 18.6. The van der Waals surface area contributed by atoms with Gasteiger partial charge in [-0.05, 0) is 74.7 Å². The van der Waals surface area contributed by atoms with Gasteiger partial charge < -0.3 is 4.57 Å². The number of rotatable bonds is 4. The molecule has 1 fully saturated rings. The molecule has 1 aliphatic rings. The third kappa shape index (κ3) is 3.75. The van der Waals surface area contributed by atoms with Crippen molar-refractivity contribution in [2.75, 3.05) is 4.90 Å². The summed E-state index contributed by atoms with van der Waals surface area (Å²) in [5.74, 6) is -1.33. The maximum atomic E-state index is 13.2. The Bertz CT molecular complexity index is 1250. The molecule has 1 aliphatic heterocycles. The van der Waals surface area contributed by atoms with Crippen LogP contribution in [-0.2, 0) is 16.0 Å². The Labute approximate surface area is 187 Å². The van der Waals surface area contributed by atoms with Crippen LogP contribution < -0.4 is 10.2 Å². The second-order valence-electron chi connectivity index (χ2n) is 7.98. The van der Waals surface area contributed by atoms with Crippen LogP contribution in [0.4, 0.5) is 10.5 Å². The number of benzene rings is 2. The molecule has 1 N–H and O–H groups in total. The van der Waals surface area contributed by atoms with E-state index in [1.807, 2.05) is 70.2 Å². The van der Waals surface area contributed by atoms with E-state index in [2.05, 4.69) is 9.88 Å². The highest BCUT2D eigenvalue weighted by atomic mass is 16.2. The molecule has 32 heavy (non-hydrogen) atoms. The second-order valence-corrected chi connectivity index (χ2v) is 7.98. The molecule has 0 spiro atoms. The van der Waals surface area contributed by atoms with Crippen LogP contribution in [0, 0.1) is 20.8 Å². The van der Waals surface area contributed by atoms with Crippen molar-refractivity contribution >= 4 is 29.6 Å². The molecule has 162 valence electrons. The highest BCUT2D eigenvalue weighted by Gasteiger charge is 2.37. The molecule has 0 unspecified atom stereocenters. The fourth-order valence-electron chi connectivity index (χ4n) is 3.95. The standard InChI is InChI=1S/C26H25N3O3/c1-5-19-8-12-22(13-9-19)29-25(31)23(24(30)27-26(29)32)15-20-14-17(3)28(18(20)4)21-10-6-16(2)7-11-21/h6-15H,5H2,1-4H3,(H,27,30,32). The molecule has 0 radical (unpaired) electrons. The van der Waals surface area contributed by atoms with Gasteiger partial charge in [-0.25, -0.2) is 9.69 Å². The lowest BCUT2D eigenvalue weighted by molar-refractivity contribution is -0.122. The molecule has 0 aliphatic carbocycles. The molecular weight excluding hydrogens is 402 g/mol. The van der Waals surface area contributed by atoms with Gasteiger partial charge >= 0.3 is 6.03 Å². The van der Waals surface area contributed by atoms with Crippen molar-refractivity contribution in [1.82, 2.24) is 9.88 Å². The minimum Gasteiger partial charge on any atom is -0.318 e. The quantitative estimate of drug-likeness (QED) is 0.487. The van der Waals surface area contributed by atoms with E-state index < -0.39 is 17.8 Å². The van der Waals surface area contributed by atoms with Crippen LogP contribution in [0.2, 0.25) is 0 Å². The molecule has 0 saturated carbocycles. The summed E-state index contributed by atoms with van der Waals surface area (Å²) in [6, 6.07) is 16.5. The van der Waals surface area contributed by atoms with Crippen molar-refractivity contribution in [3.05, 3.63) is 88.2 Å². The van der Waals surface area contributed by atoms with Crippen LogP contribution in [0.15, 0.2) is 60.2 Å². The van der Waals surface area contributed by atoms with Crippen LogP contribution >= 0.6 is 0 Å². The minimum absolute atomic E-state index is 0.0756. The zero-order valence-corrected chi connectivity index (χ0v) is 18.6. The molecule has 6 nitrogen and oxygen atoms in total. The topological polar surface area (TPSA) is 71.4 Å². The number of aromatic nitrogens is 1. The number of hydrogen-bond acceptors (Lipinski definition) is 3. The third-order valence-electron chi connectivity index (χ3n) is 5.77. The molecule has 6 heteroatoms. The van der Waals surface area contributed by atoms with Crippen molar-refractivity contribution in [3.63, 3.8) is 0 Å². The first-order valence-corrected chi connectivity index (χ1v) is 10.6. The number of urea groups is 1. The summed E-state index contributed by atoms with van der Waals surface area (Å²) in [4.78, 5) is 39.2. The average Bonchev–Trinajstić information content (AvgIpc) is 3.05. The van der Waals surface area contributed by atoms with Gasteiger partial charge in [0.2, 0.25) is 0 Å². The van der Waals surface area contributed by atoms with Crippen molar-refractivity contribution in [2.45, 2.75) is 34.1 Å². The highest BCUT2D eigenvalue weighted by molar-refractivity contribution is 6.39. The maximum Gasteiger partial charge on any atom is 0.335 e. The van der Waals surface area contributed by atoms with Crippen molar-refractivity contribution in [3.8, 4) is 5.69 Å². The van der Waals surface area contributed by atoms with E-state index in [4.69, 9.17) is 0 Å². The van der Waals surface area contributed by atoms with Gasteiger partial charge in [0.1, 0.15) is 5.57 Å². The predicted octanol–water partition coefficient (Wildman–Crippen LogP) is 4.63. The lowest BCUT2D eigenvalue weighted by atomic mass is 10.1. The van der Waals surface area contributed by atoms with Gasteiger partial charge in [0.15, 0.2) is 0 Å². The molecular formula is C26H25N3O3. The van der Waals surface area contributed by atoms with E-state index in [1.165, 1.54) is 5.56 Å². The molecule has 3 aromatic rings. The maximum absolute atomic E-state index is 13.2. The van der Waals surface area contributed by atoms with Crippen LogP contribution in [-0.4, -0.2) is 22.4 Å². The molecule has 0 atom stereocenters. The van der Waals surface area contributed by atoms with Gasteiger partial charge in [0.25, 0.3) is 11.8 Å². The van der Waals surface area contributed by atoms with Crippen LogP contribution in [0.5, 0.6) is 0 Å². The van der Waals surface area contributed by atoms with Gasteiger partial charge in [-0.1, -0.05) is 36.8 Å². The summed E-state index contributed by atoms with van der Waals surface area (Å²) in [7, 11) is 0. The molecule has 0 bridgehead atoms. The largest absolute Gasteiger partial charge is 0.335 e. The first-order valence-electron chi connectivity index (χ1n) is 10.6. The Balaban J connectivity index is 1.73. The minimum atomic E-state index is -0.744. The number of anilines is 1. The highest BCUT2D eigenvalue weighted by Crippen LogP contribution is 2.26. The number of amides is 4. The molecule has 4 amide bonds. The smallest absolute Gasteiger partial charge is 0.318 e. The van der Waals surface area contributed by atoms with Crippen molar-refractivity contribution in [1.29, 1.82) is 0 Å². The summed E-state index contributed by atoms with van der Waals surface area (Å²) in [5.41, 5.74) is 6.23. The summed E-state index contributed by atoms with van der Waals surface area (Å²) in [6.07, 6.45) is 2.41. The Morgan fingerprint density at radius 3 is 2.12 bits per heavy atom. The normalized spacial score (nSPS) is 15.4. The number of carbonyl (C=O) groups is 3. The van der Waals surface area contributed by atoms with E-state index in [-0.39, 0.29) is 5.57 Å². The second kappa shape index (κ2) is 8.30. The predicted molar refractivity (Wildman–Crippen MR) is 125 cm³/mol. The Hall–Kier alpha value is -3.93. The fourth-order valence-corrected chi connectivity index (χ4v) is 3.95. The first kappa shape index (κ1) is 21.3. The number of barbiturate groups is 1. The molecule has 2 aromatic carbocycles. The summed E-state index contributed by atoms with van der Waals surface area (Å²) in [6.45, 7) is 7.98. The fraction of sp³-hybridized carbons (Fsp3) is 0.192. The Morgan fingerprint density at radius 1 is 0.875 bits per heavy atom. The lowest BCUT2D eigenvalue weighted by Crippen LogP contribution is -2.54. The summed E-state index contributed by atoms with van der Waals surface area (Å²) in [5, 5.41) is 2.29. The Morgan fingerprint density at radius 2 is 1.50 bits per heavy atom. The lowest BCUT2D eigenvalue weighted by Gasteiger charge is -2.26. The number of nitrogens with one attached hydrogen (secondary N) is 1. The Kier molecular flexibility index (Phi) is 5.53. The van der Waals surface area contributed by atoms with E-state index in [0.717, 1.165) is 39.5 Å². The number of nitrogens with zero attached hydrogens (tertiary/aromatic N) is 2. The summed E-state index contributed by atoms with van der Waals surface area (Å²) < 4.78 is 2.07. The number of carbonyl (C=O) groups excluding carboxylic acids is 3. The van der Waals surface area contributed by atoms with Gasteiger partial charge in [-0.3, -0.25) is 14.9 Å². The van der Waals surface area contributed by atoms with Crippen molar-refractivity contribution < 1.29 is 14.4 Å². The van der Waals surface area contributed by atoms with E-state index in [1.54, 1.807) is 18.2 Å². The van der Waals surface area contributed by atoms with Gasteiger partial charge in [0.05, 0.1) is 5.69 Å². The number of hydrogen-bond donors (Lipinski definition) is 1. The molecule has 4 rings (SSSR count). The molecule has 1 saturated heterocycles. The zero-order chi connectivity index (χ0) is 23.0. The van der Waals surface area contributed by atoms with Gasteiger partial charge in [-0.2, -0.15) is 0 Å². The van der Waals surface area contributed by atoms with Crippen LogP contribution in [0.3, 0.4) is 0 Å². The van der Waals surface area contributed by atoms with E-state index >= 15 is 0 Å². The molecule has 1 aromatic heterocycles. The first-order chi connectivity index (χ1) is 15.3. The van der Waals surface area contributed by atoms with Crippen LogP contribution in [0.1, 0.15) is 35.0 Å². The number of imide groups is 2. The monoisotopic (exact) mass is 427 g/mol. The third-order valence-corrected chi connectivity index (χ3v) is 5.77. The van der Waals surface area contributed by atoms with Crippen LogP contribution in [0.25, 0.3) is 11.8 Å². The van der Waals surface area contributed by atoms with E-state index in [9.17, 15) is 14.4 Å².